The topological polar surface area (TPSA) is 76.1 Å². The Kier molecular flexibility index (Phi) is 5.42. The molecule has 6 heteroatoms. The van der Waals surface area contributed by atoms with Crippen molar-refractivity contribution in [3.63, 3.8) is 0 Å². The molecule has 1 aliphatic rings. The van der Waals surface area contributed by atoms with Crippen molar-refractivity contribution in [2.24, 2.45) is 5.41 Å². The summed E-state index contributed by atoms with van der Waals surface area (Å²) in [6, 6.07) is 8.44. The summed E-state index contributed by atoms with van der Waals surface area (Å²) in [4.78, 5) is 26.1. The van der Waals surface area contributed by atoms with Crippen LogP contribution in [0.3, 0.4) is 0 Å². The maximum atomic E-state index is 12.5. The second-order valence-corrected chi connectivity index (χ2v) is 8.06. The molecule has 1 aromatic rings. The van der Waals surface area contributed by atoms with Gasteiger partial charge in [-0.05, 0) is 32.8 Å². The standard InChI is InChI=1S/C19H27NO5/c1-18(2,3)25-17(23)20-14(11-19(4,5)16(20)22)15(21)24-12-13-9-7-6-8-10-13/h6-10,14,16,22H,11-12H2,1-5H3/t14-,16?/m0/s1. The fraction of sp³-hybridized carbons (Fsp3) is 0.579. The molecule has 0 aliphatic carbocycles. The first-order valence-corrected chi connectivity index (χ1v) is 8.41. The molecule has 1 fully saturated rings. The maximum absolute atomic E-state index is 12.5. The number of carbonyl (C=O) groups excluding carboxylic acids is 2. The Bertz CT molecular complexity index is 620. The predicted octanol–water partition coefficient (Wildman–Crippen LogP) is 3.08. The third-order valence-electron chi connectivity index (χ3n) is 4.12. The molecule has 6 nitrogen and oxygen atoms in total. The molecule has 0 radical (unpaired) electrons. The van der Waals surface area contributed by atoms with E-state index < -0.39 is 35.3 Å². The van der Waals surface area contributed by atoms with Crippen LogP contribution in [0.1, 0.15) is 46.6 Å². The quantitative estimate of drug-likeness (QED) is 0.849. The van der Waals surface area contributed by atoms with Gasteiger partial charge in [-0.2, -0.15) is 0 Å². The number of nitrogens with zero attached hydrogens (tertiary/aromatic N) is 1. The maximum Gasteiger partial charge on any atom is 0.413 e. The van der Waals surface area contributed by atoms with Crippen molar-refractivity contribution in [3.8, 4) is 0 Å². The lowest BCUT2D eigenvalue weighted by Crippen LogP contribution is -2.49. The normalized spacial score (nSPS) is 22.6. The first-order chi connectivity index (χ1) is 11.5. The summed E-state index contributed by atoms with van der Waals surface area (Å²) < 4.78 is 10.7. The highest BCUT2D eigenvalue weighted by molar-refractivity contribution is 5.82. The van der Waals surface area contributed by atoms with Crippen LogP contribution in [0.25, 0.3) is 0 Å². The van der Waals surface area contributed by atoms with Gasteiger partial charge in [0.25, 0.3) is 0 Å². The van der Waals surface area contributed by atoms with Crippen LogP contribution in [0.5, 0.6) is 0 Å². The number of hydrogen-bond donors (Lipinski definition) is 1. The lowest BCUT2D eigenvalue weighted by molar-refractivity contribution is -0.152. The Balaban J connectivity index is 2.12. The number of aliphatic hydroxyl groups is 1. The van der Waals surface area contributed by atoms with E-state index in [9.17, 15) is 14.7 Å². The SMILES string of the molecule is CC(C)(C)OC(=O)N1C(O)C(C)(C)C[C@H]1C(=O)OCc1ccccc1. The molecule has 2 rings (SSSR count). The van der Waals surface area contributed by atoms with Gasteiger partial charge in [0.05, 0.1) is 0 Å². The molecule has 1 N–H and O–H groups in total. The van der Waals surface area contributed by atoms with E-state index in [0.717, 1.165) is 10.5 Å². The van der Waals surface area contributed by atoms with E-state index in [4.69, 9.17) is 9.47 Å². The second-order valence-electron chi connectivity index (χ2n) is 8.06. The highest BCUT2D eigenvalue weighted by Gasteiger charge is 2.52. The second kappa shape index (κ2) is 7.04. The number of esters is 1. The lowest BCUT2D eigenvalue weighted by atomic mass is 9.89. The van der Waals surface area contributed by atoms with Crippen LogP contribution in [-0.4, -0.2) is 39.9 Å². The summed E-state index contributed by atoms with van der Waals surface area (Å²) >= 11 is 0. The van der Waals surface area contributed by atoms with Crippen molar-refractivity contribution in [1.82, 2.24) is 4.90 Å². The average molecular weight is 349 g/mol. The zero-order chi connectivity index (χ0) is 18.8. The van der Waals surface area contributed by atoms with E-state index in [2.05, 4.69) is 0 Å². The van der Waals surface area contributed by atoms with Crippen LogP contribution in [-0.2, 0) is 20.9 Å². The van der Waals surface area contributed by atoms with Gasteiger partial charge in [-0.15, -0.1) is 0 Å². The number of carbonyl (C=O) groups is 2. The van der Waals surface area contributed by atoms with Crippen molar-refractivity contribution in [2.75, 3.05) is 0 Å². The number of aliphatic hydroxyl groups excluding tert-OH is 1. The van der Waals surface area contributed by atoms with Crippen LogP contribution in [0.15, 0.2) is 30.3 Å². The largest absolute Gasteiger partial charge is 0.459 e. The van der Waals surface area contributed by atoms with Gasteiger partial charge < -0.3 is 14.6 Å². The first kappa shape index (κ1) is 19.2. The predicted molar refractivity (Wildman–Crippen MR) is 92.5 cm³/mol. The number of ether oxygens (including phenoxy) is 2. The minimum atomic E-state index is -1.11. The van der Waals surface area contributed by atoms with Crippen LogP contribution in [0.4, 0.5) is 4.79 Å². The molecule has 138 valence electrons. The number of hydrogen-bond acceptors (Lipinski definition) is 5. The minimum Gasteiger partial charge on any atom is -0.459 e. The van der Waals surface area contributed by atoms with Crippen molar-refractivity contribution in [1.29, 1.82) is 0 Å². The molecule has 2 atom stereocenters. The summed E-state index contributed by atoms with van der Waals surface area (Å²) in [7, 11) is 0. The summed E-state index contributed by atoms with van der Waals surface area (Å²) in [6.45, 7) is 8.94. The fourth-order valence-corrected chi connectivity index (χ4v) is 2.81. The van der Waals surface area contributed by atoms with E-state index in [1.165, 1.54) is 0 Å². The monoisotopic (exact) mass is 349 g/mol. The highest BCUT2D eigenvalue weighted by atomic mass is 16.6. The average Bonchev–Trinajstić information content (AvgIpc) is 2.75. The summed E-state index contributed by atoms with van der Waals surface area (Å²) in [5, 5.41) is 10.5. The van der Waals surface area contributed by atoms with Crippen molar-refractivity contribution in [2.45, 2.75) is 65.5 Å². The molecule has 1 aliphatic heterocycles. The molecule has 0 bridgehead atoms. The van der Waals surface area contributed by atoms with Gasteiger partial charge in [-0.3, -0.25) is 4.90 Å². The molecule has 25 heavy (non-hydrogen) atoms. The number of benzene rings is 1. The van der Waals surface area contributed by atoms with Crippen LogP contribution >= 0.6 is 0 Å². The minimum absolute atomic E-state index is 0.120. The number of likely N-dealkylation sites (tertiary alicyclic amines) is 1. The van der Waals surface area contributed by atoms with Crippen molar-refractivity contribution >= 4 is 12.1 Å². The van der Waals surface area contributed by atoms with E-state index in [-0.39, 0.29) is 6.61 Å². The van der Waals surface area contributed by atoms with Gasteiger partial charge in [0, 0.05) is 5.41 Å². The van der Waals surface area contributed by atoms with E-state index in [1.807, 2.05) is 30.3 Å². The van der Waals surface area contributed by atoms with E-state index >= 15 is 0 Å². The fourth-order valence-electron chi connectivity index (χ4n) is 2.81. The van der Waals surface area contributed by atoms with Gasteiger partial charge in [-0.25, -0.2) is 9.59 Å². The Labute approximate surface area is 148 Å². The smallest absolute Gasteiger partial charge is 0.413 e. The van der Waals surface area contributed by atoms with Gasteiger partial charge >= 0.3 is 12.1 Å². The molecule has 1 aromatic carbocycles. The molecule has 1 unspecified atom stereocenters. The molecule has 0 aromatic heterocycles. The Morgan fingerprint density at radius 1 is 1.24 bits per heavy atom. The molecular weight excluding hydrogens is 322 g/mol. The molecule has 1 amide bonds. The molecule has 0 saturated carbocycles. The van der Waals surface area contributed by atoms with Crippen LogP contribution in [0.2, 0.25) is 0 Å². The Morgan fingerprint density at radius 2 is 1.84 bits per heavy atom. The molecular formula is C19H27NO5. The molecule has 1 saturated heterocycles. The van der Waals surface area contributed by atoms with Gasteiger partial charge in [-0.1, -0.05) is 44.2 Å². The number of amides is 1. The third kappa shape index (κ3) is 4.72. The lowest BCUT2D eigenvalue weighted by Gasteiger charge is -2.31. The summed E-state index contributed by atoms with van der Waals surface area (Å²) in [5.41, 5.74) is -0.493. The van der Waals surface area contributed by atoms with E-state index in [0.29, 0.717) is 6.42 Å². The zero-order valence-corrected chi connectivity index (χ0v) is 15.5. The Hall–Kier alpha value is -2.08. The van der Waals surface area contributed by atoms with E-state index in [1.54, 1.807) is 34.6 Å². The van der Waals surface area contributed by atoms with Crippen molar-refractivity contribution < 1.29 is 24.2 Å². The Morgan fingerprint density at radius 3 is 2.40 bits per heavy atom. The van der Waals surface area contributed by atoms with Gasteiger partial charge in [0.2, 0.25) is 0 Å². The van der Waals surface area contributed by atoms with Gasteiger partial charge in [0.1, 0.15) is 24.5 Å². The van der Waals surface area contributed by atoms with Crippen LogP contribution in [0, 0.1) is 5.41 Å². The molecule has 1 heterocycles. The number of rotatable bonds is 3. The molecule has 0 spiro atoms. The third-order valence-corrected chi connectivity index (χ3v) is 4.12. The summed E-state index contributed by atoms with van der Waals surface area (Å²) in [6.07, 6.45) is -1.52. The zero-order valence-electron chi connectivity index (χ0n) is 15.5. The van der Waals surface area contributed by atoms with Crippen molar-refractivity contribution in [3.05, 3.63) is 35.9 Å². The summed E-state index contributed by atoms with van der Waals surface area (Å²) in [5.74, 6) is -0.542. The first-order valence-electron chi connectivity index (χ1n) is 8.41. The van der Waals surface area contributed by atoms with Crippen LogP contribution < -0.4 is 0 Å². The highest BCUT2D eigenvalue weighted by Crippen LogP contribution is 2.40. The van der Waals surface area contributed by atoms with Gasteiger partial charge in [0.15, 0.2) is 0 Å².